The van der Waals surface area contributed by atoms with E-state index >= 15 is 0 Å². The molecule has 6 nitrogen and oxygen atoms in total. The standard InChI is InChI=1S/C21H15F3N2O4/c1-12-5-6-16-14(10-28-17(16)7-12)9-19(27)29-11-18-25-20(26-30-18)13-3-2-4-15(8-13)21(22,23)24/h2-8,10H,9,11H2,1H3. The van der Waals surface area contributed by atoms with E-state index < -0.39 is 17.7 Å². The molecule has 2 aromatic heterocycles. The highest BCUT2D eigenvalue weighted by molar-refractivity contribution is 5.86. The van der Waals surface area contributed by atoms with Crippen molar-refractivity contribution in [1.82, 2.24) is 10.1 Å². The number of alkyl halides is 3. The molecular formula is C21H15F3N2O4. The maximum atomic E-state index is 12.8. The first-order chi connectivity index (χ1) is 14.3. The number of rotatable bonds is 5. The first kappa shape index (κ1) is 19.7. The number of hydrogen-bond donors (Lipinski definition) is 0. The van der Waals surface area contributed by atoms with Gasteiger partial charge in [-0.25, -0.2) is 0 Å². The van der Waals surface area contributed by atoms with Crippen LogP contribution in [0.25, 0.3) is 22.4 Å². The van der Waals surface area contributed by atoms with Crippen molar-refractivity contribution in [3.63, 3.8) is 0 Å². The summed E-state index contributed by atoms with van der Waals surface area (Å²) in [5, 5.41) is 4.47. The average molecular weight is 416 g/mol. The molecule has 0 saturated heterocycles. The van der Waals surface area contributed by atoms with Gasteiger partial charge in [-0.15, -0.1) is 0 Å². The Morgan fingerprint density at radius 3 is 2.80 bits per heavy atom. The van der Waals surface area contributed by atoms with E-state index in [1.165, 1.54) is 18.4 Å². The lowest BCUT2D eigenvalue weighted by Gasteiger charge is -2.06. The highest BCUT2D eigenvalue weighted by Crippen LogP contribution is 2.31. The molecule has 0 aliphatic carbocycles. The van der Waals surface area contributed by atoms with E-state index in [-0.39, 0.29) is 30.3 Å². The minimum Gasteiger partial charge on any atom is -0.464 e. The molecule has 4 rings (SSSR count). The molecule has 0 bridgehead atoms. The van der Waals surface area contributed by atoms with Crippen molar-refractivity contribution in [2.75, 3.05) is 0 Å². The van der Waals surface area contributed by atoms with Gasteiger partial charge in [0.1, 0.15) is 5.58 Å². The van der Waals surface area contributed by atoms with Gasteiger partial charge in [0, 0.05) is 16.5 Å². The molecule has 0 radical (unpaired) electrons. The van der Waals surface area contributed by atoms with Crippen LogP contribution in [0.4, 0.5) is 13.2 Å². The lowest BCUT2D eigenvalue weighted by Crippen LogP contribution is -2.08. The summed E-state index contributed by atoms with van der Waals surface area (Å²) in [5.74, 6) is -0.580. The van der Waals surface area contributed by atoms with Crippen LogP contribution >= 0.6 is 0 Å². The third-order valence-electron chi connectivity index (χ3n) is 4.42. The Bertz CT molecular complexity index is 1210. The summed E-state index contributed by atoms with van der Waals surface area (Å²) in [6.07, 6.45) is -2.98. The van der Waals surface area contributed by atoms with E-state index in [4.69, 9.17) is 13.7 Å². The van der Waals surface area contributed by atoms with Crippen LogP contribution in [0, 0.1) is 6.92 Å². The Morgan fingerprint density at radius 2 is 2.00 bits per heavy atom. The molecule has 0 aliphatic rings. The largest absolute Gasteiger partial charge is 0.464 e. The van der Waals surface area contributed by atoms with E-state index in [1.807, 2.05) is 25.1 Å². The van der Waals surface area contributed by atoms with Gasteiger partial charge in [-0.1, -0.05) is 29.4 Å². The lowest BCUT2D eigenvalue weighted by molar-refractivity contribution is -0.145. The molecule has 0 amide bonds. The van der Waals surface area contributed by atoms with Gasteiger partial charge in [0.05, 0.1) is 18.2 Å². The number of carbonyl (C=O) groups excluding carboxylic acids is 1. The summed E-state index contributed by atoms with van der Waals surface area (Å²) in [7, 11) is 0. The molecule has 30 heavy (non-hydrogen) atoms. The number of furan rings is 1. The van der Waals surface area contributed by atoms with Gasteiger partial charge in [-0.3, -0.25) is 4.79 Å². The molecule has 2 aromatic carbocycles. The number of esters is 1. The molecule has 0 aliphatic heterocycles. The first-order valence-electron chi connectivity index (χ1n) is 8.92. The van der Waals surface area contributed by atoms with Gasteiger partial charge in [-0.05, 0) is 30.7 Å². The second kappa shape index (κ2) is 7.66. The van der Waals surface area contributed by atoms with Gasteiger partial charge in [-0.2, -0.15) is 18.2 Å². The van der Waals surface area contributed by atoms with E-state index in [2.05, 4.69) is 10.1 Å². The Hall–Kier alpha value is -3.62. The Labute approximate surface area is 168 Å². The molecule has 0 saturated carbocycles. The number of hydrogen-bond acceptors (Lipinski definition) is 6. The Balaban J connectivity index is 1.40. The van der Waals surface area contributed by atoms with Crippen LogP contribution in [0.3, 0.4) is 0 Å². The molecule has 0 N–H and O–H groups in total. The molecule has 0 fully saturated rings. The van der Waals surface area contributed by atoms with Crippen molar-refractivity contribution < 1.29 is 31.6 Å². The lowest BCUT2D eigenvalue weighted by atomic mass is 10.1. The molecular weight excluding hydrogens is 401 g/mol. The topological polar surface area (TPSA) is 78.4 Å². The maximum Gasteiger partial charge on any atom is 0.416 e. The fourth-order valence-corrected chi connectivity index (χ4v) is 2.94. The third-order valence-corrected chi connectivity index (χ3v) is 4.42. The number of aromatic nitrogens is 2. The quantitative estimate of drug-likeness (QED) is 0.422. The average Bonchev–Trinajstić information content (AvgIpc) is 3.33. The molecule has 9 heteroatoms. The van der Waals surface area contributed by atoms with Crippen LogP contribution in [0.2, 0.25) is 0 Å². The van der Waals surface area contributed by atoms with E-state index in [0.29, 0.717) is 11.1 Å². The van der Waals surface area contributed by atoms with Crippen LogP contribution in [0.15, 0.2) is 57.7 Å². The normalized spacial score (nSPS) is 11.7. The van der Waals surface area contributed by atoms with Crippen molar-refractivity contribution >= 4 is 16.9 Å². The zero-order chi connectivity index (χ0) is 21.3. The minimum absolute atomic E-state index is 0.00924. The van der Waals surface area contributed by atoms with Crippen LogP contribution in [-0.4, -0.2) is 16.1 Å². The van der Waals surface area contributed by atoms with E-state index in [1.54, 1.807) is 0 Å². The molecule has 0 spiro atoms. The van der Waals surface area contributed by atoms with Crippen molar-refractivity contribution in [2.45, 2.75) is 26.1 Å². The van der Waals surface area contributed by atoms with Crippen molar-refractivity contribution in [3.05, 3.63) is 71.3 Å². The monoisotopic (exact) mass is 416 g/mol. The second-order valence-electron chi connectivity index (χ2n) is 6.69. The van der Waals surface area contributed by atoms with Crippen LogP contribution in [0.1, 0.15) is 22.6 Å². The maximum absolute atomic E-state index is 12.8. The number of fused-ring (bicyclic) bond motifs is 1. The first-order valence-corrected chi connectivity index (χ1v) is 8.92. The fraction of sp³-hybridized carbons (Fsp3) is 0.190. The predicted octanol–water partition coefficient (Wildman–Crippen LogP) is 5.10. The number of ether oxygens (including phenoxy) is 1. The number of aryl methyl sites for hydroxylation is 1. The molecule has 0 unspecified atom stereocenters. The SMILES string of the molecule is Cc1ccc2c(CC(=O)OCc3nc(-c4cccc(C(F)(F)F)c4)no3)coc2c1. The Kier molecular flexibility index (Phi) is 5.03. The second-order valence-corrected chi connectivity index (χ2v) is 6.69. The van der Waals surface area contributed by atoms with Crippen molar-refractivity contribution in [2.24, 2.45) is 0 Å². The highest BCUT2D eigenvalue weighted by atomic mass is 19.4. The van der Waals surface area contributed by atoms with Crippen LogP contribution in [-0.2, 0) is 28.7 Å². The third kappa shape index (κ3) is 4.19. The molecule has 0 atom stereocenters. The van der Waals surface area contributed by atoms with E-state index in [9.17, 15) is 18.0 Å². The number of nitrogens with zero attached hydrogens (tertiary/aromatic N) is 2. The fourth-order valence-electron chi connectivity index (χ4n) is 2.94. The Morgan fingerprint density at radius 1 is 1.17 bits per heavy atom. The van der Waals surface area contributed by atoms with Crippen molar-refractivity contribution in [1.29, 1.82) is 0 Å². The summed E-state index contributed by atoms with van der Waals surface area (Å²) >= 11 is 0. The van der Waals surface area contributed by atoms with E-state index in [0.717, 1.165) is 23.1 Å². The van der Waals surface area contributed by atoms with Gasteiger partial charge < -0.3 is 13.7 Å². The number of halogens is 3. The minimum atomic E-state index is -4.48. The van der Waals surface area contributed by atoms with Gasteiger partial charge in [0.25, 0.3) is 5.89 Å². The summed E-state index contributed by atoms with van der Waals surface area (Å²) < 4.78 is 54.1. The van der Waals surface area contributed by atoms with Gasteiger partial charge in [0.15, 0.2) is 6.61 Å². The van der Waals surface area contributed by atoms with Gasteiger partial charge in [0.2, 0.25) is 5.82 Å². The highest BCUT2D eigenvalue weighted by Gasteiger charge is 2.30. The van der Waals surface area contributed by atoms with Crippen LogP contribution in [0.5, 0.6) is 0 Å². The molecule has 2 heterocycles. The van der Waals surface area contributed by atoms with Gasteiger partial charge >= 0.3 is 12.1 Å². The predicted molar refractivity (Wildman–Crippen MR) is 99.2 cm³/mol. The number of benzene rings is 2. The summed E-state index contributed by atoms with van der Waals surface area (Å²) in [5.41, 5.74) is 1.73. The summed E-state index contributed by atoms with van der Waals surface area (Å²) in [6, 6.07) is 10.2. The smallest absolute Gasteiger partial charge is 0.416 e. The van der Waals surface area contributed by atoms with Crippen molar-refractivity contribution in [3.8, 4) is 11.4 Å². The summed E-state index contributed by atoms with van der Waals surface area (Å²) in [6.45, 7) is 1.65. The zero-order valence-corrected chi connectivity index (χ0v) is 15.7. The molecule has 154 valence electrons. The molecule has 4 aromatic rings. The zero-order valence-electron chi connectivity index (χ0n) is 15.7. The summed E-state index contributed by atoms with van der Waals surface area (Å²) in [4.78, 5) is 16.1. The number of carbonyl (C=O) groups is 1. The van der Waals surface area contributed by atoms with Crippen LogP contribution < -0.4 is 0 Å².